The van der Waals surface area contributed by atoms with Crippen molar-refractivity contribution >= 4 is 15.9 Å². The highest BCUT2D eigenvalue weighted by molar-refractivity contribution is 9.10. The Morgan fingerprint density at radius 1 is 1.29 bits per heavy atom. The van der Waals surface area contributed by atoms with Gasteiger partial charge >= 0.3 is 0 Å². The summed E-state index contributed by atoms with van der Waals surface area (Å²) in [6, 6.07) is 5.32. The van der Waals surface area contributed by atoms with E-state index in [0.717, 1.165) is 11.6 Å². The number of benzene rings is 1. The van der Waals surface area contributed by atoms with Crippen molar-refractivity contribution < 1.29 is 13.2 Å². The van der Waals surface area contributed by atoms with E-state index in [1.165, 1.54) is 18.4 Å². The first-order chi connectivity index (χ1) is 8.09. The van der Waals surface area contributed by atoms with E-state index in [1.807, 2.05) is 0 Å². The van der Waals surface area contributed by atoms with Gasteiger partial charge in [0, 0.05) is 11.6 Å². The molecule has 0 spiro atoms. The molecule has 0 aliphatic rings. The van der Waals surface area contributed by atoms with Crippen molar-refractivity contribution in [3.63, 3.8) is 0 Å². The van der Waals surface area contributed by atoms with Crippen LogP contribution >= 0.6 is 15.9 Å². The maximum Gasteiger partial charge on any atom is 0.173 e. The molecular weight excluding hydrogens is 292 g/mol. The van der Waals surface area contributed by atoms with E-state index in [9.17, 15) is 8.78 Å². The van der Waals surface area contributed by atoms with Gasteiger partial charge in [-0.2, -0.15) is 0 Å². The summed E-state index contributed by atoms with van der Waals surface area (Å²) in [6.45, 7) is 0. The number of hydrogen-bond donors (Lipinski definition) is 1. The zero-order valence-electron chi connectivity index (χ0n) is 8.79. The number of rotatable bonds is 3. The Bertz CT molecular complexity index is 527. The lowest BCUT2D eigenvalue weighted by atomic mass is 10.0. The summed E-state index contributed by atoms with van der Waals surface area (Å²) in [4.78, 5) is 0. The number of halogens is 3. The van der Waals surface area contributed by atoms with Crippen LogP contribution in [0.25, 0.3) is 0 Å². The van der Waals surface area contributed by atoms with Crippen molar-refractivity contribution in [2.75, 3.05) is 0 Å². The van der Waals surface area contributed by atoms with E-state index >= 15 is 0 Å². The molecule has 0 saturated carbocycles. The highest BCUT2D eigenvalue weighted by atomic mass is 79.9. The fraction of sp³-hybridized carbons (Fsp3) is 0.167. The summed E-state index contributed by atoms with van der Waals surface area (Å²) in [5.74, 6) is -1.71. The van der Waals surface area contributed by atoms with Gasteiger partial charge in [-0.1, -0.05) is 12.1 Å². The average Bonchev–Trinajstić information content (AvgIpc) is 2.71. The average molecular weight is 302 g/mol. The third kappa shape index (κ3) is 2.56. The Kier molecular flexibility index (Phi) is 3.59. The first-order valence-electron chi connectivity index (χ1n) is 5.01. The normalized spacial score (nSPS) is 12.7. The first-order valence-corrected chi connectivity index (χ1v) is 5.80. The monoisotopic (exact) mass is 301 g/mol. The molecule has 2 nitrogen and oxygen atoms in total. The molecule has 1 aromatic heterocycles. The number of nitrogens with two attached hydrogens (primary N) is 1. The van der Waals surface area contributed by atoms with Crippen LogP contribution in [0.4, 0.5) is 8.78 Å². The molecule has 1 heterocycles. The van der Waals surface area contributed by atoms with Crippen molar-refractivity contribution in [3.8, 4) is 0 Å². The van der Waals surface area contributed by atoms with Gasteiger partial charge in [0.2, 0.25) is 0 Å². The molecule has 0 aliphatic heterocycles. The highest BCUT2D eigenvalue weighted by Gasteiger charge is 2.16. The van der Waals surface area contributed by atoms with Gasteiger partial charge < -0.3 is 10.2 Å². The van der Waals surface area contributed by atoms with Gasteiger partial charge in [-0.15, -0.1) is 0 Å². The van der Waals surface area contributed by atoms with E-state index < -0.39 is 17.7 Å². The van der Waals surface area contributed by atoms with E-state index in [0.29, 0.717) is 4.67 Å². The van der Waals surface area contributed by atoms with Crippen molar-refractivity contribution in [3.05, 3.63) is 58.0 Å². The van der Waals surface area contributed by atoms with Crippen LogP contribution in [0.3, 0.4) is 0 Å². The van der Waals surface area contributed by atoms with Gasteiger partial charge in [0.1, 0.15) is 0 Å². The Labute approximate surface area is 106 Å². The summed E-state index contributed by atoms with van der Waals surface area (Å²) >= 11 is 3.20. The zero-order valence-corrected chi connectivity index (χ0v) is 10.4. The van der Waals surface area contributed by atoms with Crippen LogP contribution in [0.5, 0.6) is 0 Å². The lowest BCUT2D eigenvalue weighted by Crippen LogP contribution is -2.14. The molecule has 1 unspecified atom stereocenters. The third-order valence-corrected chi connectivity index (χ3v) is 3.16. The van der Waals surface area contributed by atoms with Crippen LogP contribution in [0.1, 0.15) is 17.2 Å². The summed E-state index contributed by atoms with van der Waals surface area (Å²) < 4.78 is 32.0. The molecule has 1 aromatic carbocycles. The Balaban J connectivity index is 2.22. The van der Waals surface area contributed by atoms with Crippen LogP contribution in [0.15, 0.2) is 39.6 Å². The van der Waals surface area contributed by atoms with E-state index in [1.54, 1.807) is 6.07 Å². The van der Waals surface area contributed by atoms with Crippen molar-refractivity contribution in [1.29, 1.82) is 0 Å². The Morgan fingerprint density at radius 3 is 2.71 bits per heavy atom. The van der Waals surface area contributed by atoms with Gasteiger partial charge in [0.15, 0.2) is 16.3 Å². The maximum atomic E-state index is 13.4. The third-order valence-electron chi connectivity index (χ3n) is 2.52. The molecule has 0 fully saturated rings. The Morgan fingerprint density at radius 2 is 2.06 bits per heavy atom. The molecule has 0 bridgehead atoms. The van der Waals surface area contributed by atoms with Crippen molar-refractivity contribution in [2.24, 2.45) is 5.73 Å². The van der Waals surface area contributed by atoms with Crippen LogP contribution in [0.2, 0.25) is 0 Å². The van der Waals surface area contributed by atoms with Gasteiger partial charge in [0.25, 0.3) is 0 Å². The zero-order chi connectivity index (χ0) is 12.4. The van der Waals surface area contributed by atoms with Gasteiger partial charge in [0.05, 0.1) is 6.26 Å². The van der Waals surface area contributed by atoms with Gasteiger partial charge in [-0.25, -0.2) is 8.78 Å². The molecule has 0 aliphatic carbocycles. The SMILES string of the molecule is NC(Cc1cccc(F)c1F)c1ccoc1Br. The summed E-state index contributed by atoms with van der Waals surface area (Å²) in [5, 5.41) is 0. The molecule has 2 aromatic rings. The van der Waals surface area contributed by atoms with Crippen molar-refractivity contribution in [2.45, 2.75) is 12.5 Å². The van der Waals surface area contributed by atoms with E-state index in [4.69, 9.17) is 10.2 Å². The maximum absolute atomic E-state index is 13.4. The second-order valence-electron chi connectivity index (χ2n) is 3.67. The number of furan rings is 1. The second-order valence-corrected chi connectivity index (χ2v) is 4.39. The highest BCUT2D eigenvalue weighted by Crippen LogP contribution is 2.26. The minimum absolute atomic E-state index is 0.210. The van der Waals surface area contributed by atoms with Crippen LogP contribution in [-0.2, 0) is 6.42 Å². The second kappa shape index (κ2) is 4.98. The smallest absolute Gasteiger partial charge is 0.173 e. The summed E-state index contributed by atoms with van der Waals surface area (Å²) in [5.41, 5.74) is 6.90. The molecule has 0 saturated heterocycles. The fourth-order valence-electron chi connectivity index (χ4n) is 1.62. The predicted molar refractivity (Wildman–Crippen MR) is 63.4 cm³/mol. The molecule has 5 heteroatoms. The molecule has 1 atom stereocenters. The van der Waals surface area contributed by atoms with Crippen LogP contribution < -0.4 is 5.73 Å². The standard InChI is InChI=1S/C12H10BrF2NO/c13-12-8(4-5-17-12)10(16)6-7-2-1-3-9(14)11(7)15/h1-5,10H,6,16H2. The minimum Gasteiger partial charge on any atom is -0.457 e. The molecule has 0 amide bonds. The lowest BCUT2D eigenvalue weighted by Gasteiger charge is -2.11. The fourth-order valence-corrected chi connectivity index (χ4v) is 2.16. The summed E-state index contributed by atoms with van der Waals surface area (Å²) in [6.07, 6.45) is 1.70. The molecule has 2 rings (SSSR count). The molecule has 2 N–H and O–H groups in total. The molecular formula is C12H10BrF2NO. The first kappa shape index (κ1) is 12.3. The van der Waals surface area contributed by atoms with Crippen LogP contribution in [-0.4, -0.2) is 0 Å². The van der Waals surface area contributed by atoms with Gasteiger partial charge in [-0.05, 0) is 40.0 Å². The predicted octanol–water partition coefficient (Wildman–Crippen LogP) is 3.56. The number of hydrogen-bond acceptors (Lipinski definition) is 2. The van der Waals surface area contributed by atoms with Gasteiger partial charge in [-0.3, -0.25) is 0 Å². The van der Waals surface area contributed by atoms with E-state index in [2.05, 4.69) is 15.9 Å². The largest absolute Gasteiger partial charge is 0.457 e. The van der Waals surface area contributed by atoms with Crippen molar-refractivity contribution in [1.82, 2.24) is 0 Å². The molecule has 0 radical (unpaired) electrons. The molecule has 90 valence electrons. The Hall–Kier alpha value is -1.20. The lowest BCUT2D eigenvalue weighted by molar-refractivity contribution is 0.492. The topological polar surface area (TPSA) is 39.2 Å². The molecule has 17 heavy (non-hydrogen) atoms. The van der Waals surface area contributed by atoms with Crippen LogP contribution in [0, 0.1) is 11.6 Å². The quantitative estimate of drug-likeness (QED) is 0.941. The van der Waals surface area contributed by atoms with E-state index in [-0.39, 0.29) is 12.0 Å². The summed E-state index contributed by atoms with van der Waals surface area (Å²) in [7, 11) is 0. The minimum atomic E-state index is -0.860.